The van der Waals surface area contributed by atoms with Gasteiger partial charge >= 0.3 is 12.0 Å². The predicted octanol–water partition coefficient (Wildman–Crippen LogP) is 1.84. The molecule has 0 saturated carbocycles. The largest absolute Gasteiger partial charge is 0.479 e. The number of nitrogens with one attached hydrogen (secondary N) is 1. The van der Waals surface area contributed by atoms with Crippen molar-refractivity contribution in [2.75, 3.05) is 19.7 Å². The maximum Gasteiger partial charge on any atom is 0.334 e. The number of unbranched alkanes of at least 4 members (excludes halogenated alkanes) is 3. The maximum atomic E-state index is 12.0. The molecule has 0 aromatic rings. The fraction of sp³-hybridized carbons (Fsp3) is 0.857. The van der Waals surface area contributed by atoms with E-state index in [9.17, 15) is 9.59 Å². The van der Waals surface area contributed by atoms with Gasteiger partial charge in [-0.3, -0.25) is 0 Å². The summed E-state index contributed by atoms with van der Waals surface area (Å²) in [6.07, 6.45) is 4.77. The lowest BCUT2D eigenvalue weighted by Crippen LogP contribution is -2.53. The highest BCUT2D eigenvalue weighted by atomic mass is 16.5. The molecule has 6 nitrogen and oxygen atoms in total. The number of morpholine rings is 1. The van der Waals surface area contributed by atoms with E-state index in [1.54, 1.807) is 0 Å². The normalized spacial score (nSPS) is 20.5. The average molecular weight is 286 g/mol. The standard InChI is InChI=1S/C14H26N2O4/c1-3-4-5-6-7-11(2)15-14(19)16-8-9-20-12(10-16)13(17)18/h11-12H,3-10H2,1-2H3,(H,15,19)(H,17,18). The predicted molar refractivity (Wildman–Crippen MR) is 75.7 cm³/mol. The summed E-state index contributed by atoms with van der Waals surface area (Å²) in [4.78, 5) is 24.4. The number of nitrogens with zero attached hydrogens (tertiary/aromatic N) is 1. The molecule has 0 aromatic heterocycles. The van der Waals surface area contributed by atoms with Crippen molar-refractivity contribution in [3.63, 3.8) is 0 Å². The van der Waals surface area contributed by atoms with Gasteiger partial charge in [-0.2, -0.15) is 0 Å². The van der Waals surface area contributed by atoms with Crippen LogP contribution in [0, 0.1) is 0 Å². The van der Waals surface area contributed by atoms with Gasteiger partial charge in [-0.05, 0) is 13.3 Å². The number of ether oxygens (including phenoxy) is 1. The summed E-state index contributed by atoms with van der Waals surface area (Å²) < 4.78 is 5.10. The minimum Gasteiger partial charge on any atom is -0.479 e. The quantitative estimate of drug-likeness (QED) is 0.700. The van der Waals surface area contributed by atoms with Gasteiger partial charge in [-0.25, -0.2) is 9.59 Å². The fourth-order valence-corrected chi connectivity index (χ4v) is 2.23. The highest BCUT2D eigenvalue weighted by molar-refractivity contribution is 5.77. The van der Waals surface area contributed by atoms with E-state index in [1.807, 2.05) is 6.92 Å². The third-order valence-corrected chi connectivity index (χ3v) is 3.49. The molecule has 0 bridgehead atoms. The number of hydrogen-bond acceptors (Lipinski definition) is 3. The van der Waals surface area contributed by atoms with Gasteiger partial charge in [0.05, 0.1) is 13.2 Å². The molecule has 1 saturated heterocycles. The molecule has 0 aliphatic carbocycles. The highest BCUT2D eigenvalue weighted by Crippen LogP contribution is 2.08. The van der Waals surface area contributed by atoms with Crippen LogP contribution in [0.15, 0.2) is 0 Å². The molecule has 0 radical (unpaired) electrons. The van der Waals surface area contributed by atoms with E-state index in [4.69, 9.17) is 9.84 Å². The molecular weight excluding hydrogens is 260 g/mol. The van der Waals surface area contributed by atoms with E-state index in [0.717, 1.165) is 12.8 Å². The summed E-state index contributed by atoms with van der Waals surface area (Å²) in [5.74, 6) is -1.02. The van der Waals surface area contributed by atoms with Crippen molar-refractivity contribution in [1.29, 1.82) is 0 Å². The van der Waals surface area contributed by atoms with Crippen LogP contribution in [0.1, 0.15) is 46.0 Å². The monoisotopic (exact) mass is 286 g/mol. The number of amides is 2. The number of hydrogen-bond donors (Lipinski definition) is 2. The zero-order valence-electron chi connectivity index (χ0n) is 12.4. The van der Waals surface area contributed by atoms with Gasteiger partial charge in [0.25, 0.3) is 0 Å². The van der Waals surface area contributed by atoms with Crippen LogP contribution in [0.4, 0.5) is 4.79 Å². The summed E-state index contributed by atoms with van der Waals surface area (Å²) >= 11 is 0. The van der Waals surface area contributed by atoms with Gasteiger partial charge in [-0.1, -0.05) is 32.6 Å². The molecule has 1 aliphatic rings. The lowest BCUT2D eigenvalue weighted by molar-refractivity contribution is -0.154. The zero-order chi connectivity index (χ0) is 15.0. The zero-order valence-corrected chi connectivity index (χ0v) is 12.4. The lowest BCUT2D eigenvalue weighted by atomic mass is 10.1. The van der Waals surface area contributed by atoms with Gasteiger partial charge in [0.1, 0.15) is 0 Å². The first-order valence-electron chi connectivity index (χ1n) is 7.44. The van der Waals surface area contributed by atoms with Crippen molar-refractivity contribution in [3.05, 3.63) is 0 Å². The average Bonchev–Trinajstić information content (AvgIpc) is 2.43. The molecule has 2 unspecified atom stereocenters. The first kappa shape index (κ1) is 16.8. The number of rotatable bonds is 7. The second kappa shape index (κ2) is 8.79. The van der Waals surface area contributed by atoms with Crippen molar-refractivity contribution in [2.45, 2.75) is 58.1 Å². The number of urea groups is 1. The number of carbonyl (C=O) groups is 2. The SMILES string of the molecule is CCCCCCC(C)NC(=O)N1CCOC(C(=O)O)C1. The fourth-order valence-electron chi connectivity index (χ4n) is 2.23. The first-order chi connectivity index (χ1) is 9.54. The summed E-state index contributed by atoms with van der Waals surface area (Å²) in [5.41, 5.74) is 0. The Balaban J connectivity index is 2.28. The van der Waals surface area contributed by atoms with Crippen LogP contribution in [0.3, 0.4) is 0 Å². The molecule has 2 amide bonds. The summed E-state index contributed by atoms with van der Waals surface area (Å²) in [6, 6.07) is -0.0759. The van der Waals surface area contributed by atoms with E-state index in [-0.39, 0.29) is 25.2 Å². The smallest absolute Gasteiger partial charge is 0.334 e. The first-order valence-corrected chi connectivity index (χ1v) is 7.44. The molecule has 1 rings (SSSR count). The summed E-state index contributed by atoms with van der Waals surface area (Å²) in [7, 11) is 0. The Morgan fingerprint density at radius 3 is 2.80 bits per heavy atom. The number of carboxylic acids is 1. The minimum atomic E-state index is -1.02. The molecule has 20 heavy (non-hydrogen) atoms. The van der Waals surface area contributed by atoms with E-state index in [1.165, 1.54) is 24.2 Å². The molecule has 0 spiro atoms. The van der Waals surface area contributed by atoms with Crippen LogP contribution in [-0.4, -0.2) is 53.8 Å². The summed E-state index contributed by atoms with van der Waals surface area (Å²) in [6.45, 7) is 4.98. The minimum absolute atomic E-state index is 0.115. The van der Waals surface area contributed by atoms with Gasteiger partial charge < -0.3 is 20.1 Å². The van der Waals surface area contributed by atoms with Crippen LogP contribution in [0.2, 0.25) is 0 Å². The molecule has 1 fully saturated rings. The third kappa shape index (κ3) is 5.77. The number of aliphatic carboxylic acids is 1. The van der Waals surface area contributed by atoms with E-state index < -0.39 is 12.1 Å². The Labute approximate surface area is 120 Å². The molecule has 2 N–H and O–H groups in total. The Bertz CT molecular complexity index is 322. The van der Waals surface area contributed by atoms with E-state index in [0.29, 0.717) is 6.54 Å². The Kier molecular flexibility index (Phi) is 7.36. The van der Waals surface area contributed by atoms with Crippen molar-refractivity contribution < 1.29 is 19.4 Å². The van der Waals surface area contributed by atoms with Crippen LogP contribution in [-0.2, 0) is 9.53 Å². The van der Waals surface area contributed by atoms with Gasteiger partial charge in [0, 0.05) is 12.6 Å². The van der Waals surface area contributed by atoms with Crippen LogP contribution in [0.25, 0.3) is 0 Å². The molecule has 6 heteroatoms. The van der Waals surface area contributed by atoms with Gasteiger partial charge in [0.15, 0.2) is 6.10 Å². The van der Waals surface area contributed by atoms with E-state index in [2.05, 4.69) is 12.2 Å². The molecular formula is C14H26N2O4. The molecule has 2 atom stereocenters. The van der Waals surface area contributed by atoms with Crippen LogP contribution in [0.5, 0.6) is 0 Å². The number of carboxylic acid groups (broad SMARTS) is 1. The Morgan fingerprint density at radius 2 is 2.15 bits per heavy atom. The molecule has 116 valence electrons. The van der Waals surface area contributed by atoms with Crippen LogP contribution < -0.4 is 5.32 Å². The topological polar surface area (TPSA) is 78.9 Å². The number of carbonyl (C=O) groups excluding carboxylic acids is 1. The van der Waals surface area contributed by atoms with Crippen molar-refractivity contribution in [2.24, 2.45) is 0 Å². The highest BCUT2D eigenvalue weighted by Gasteiger charge is 2.29. The molecule has 1 heterocycles. The Morgan fingerprint density at radius 1 is 1.40 bits per heavy atom. The van der Waals surface area contributed by atoms with E-state index >= 15 is 0 Å². The van der Waals surface area contributed by atoms with Gasteiger partial charge in [-0.15, -0.1) is 0 Å². The molecule has 1 aliphatic heterocycles. The van der Waals surface area contributed by atoms with Crippen molar-refractivity contribution >= 4 is 12.0 Å². The second-order valence-corrected chi connectivity index (χ2v) is 5.34. The molecule has 0 aromatic carbocycles. The second-order valence-electron chi connectivity index (χ2n) is 5.34. The van der Waals surface area contributed by atoms with Crippen molar-refractivity contribution in [3.8, 4) is 0 Å². The Hall–Kier alpha value is -1.30. The van der Waals surface area contributed by atoms with Crippen LogP contribution >= 0.6 is 0 Å². The maximum absolute atomic E-state index is 12.0. The summed E-state index contributed by atoms with van der Waals surface area (Å²) in [5, 5.41) is 11.8. The lowest BCUT2D eigenvalue weighted by Gasteiger charge is -2.31. The third-order valence-electron chi connectivity index (χ3n) is 3.49. The van der Waals surface area contributed by atoms with Gasteiger partial charge in [0.2, 0.25) is 0 Å². The van der Waals surface area contributed by atoms with Crippen molar-refractivity contribution in [1.82, 2.24) is 10.2 Å².